The van der Waals surface area contributed by atoms with Gasteiger partial charge in [0.05, 0.1) is 11.9 Å². The minimum atomic E-state index is 0.706. The van der Waals surface area contributed by atoms with Crippen molar-refractivity contribution in [3.05, 3.63) is 66.1 Å². The van der Waals surface area contributed by atoms with Crippen LogP contribution in [-0.4, -0.2) is 33.3 Å². The van der Waals surface area contributed by atoms with E-state index in [4.69, 9.17) is 4.98 Å². The summed E-state index contributed by atoms with van der Waals surface area (Å²) in [5.74, 6) is 0.706. The van der Waals surface area contributed by atoms with E-state index in [1.807, 2.05) is 62.7 Å². The Morgan fingerprint density at radius 1 is 1.17 bits per heavy atom. The van der Waals surface area contributed by atoms with Crippen molar-refractivity contribution < 1.29 is 0 Å². The summed E-state index contributed by atoms with van der Waals surface area (Å²) in [4.78, 5) is 11.2. The Labute approximate surface area is 142 Å². The summed E-state index contributed by atoms with van der Waals surface area (Å²) in [5, 5.41) is 4.22. The third-order valence-corrected chi connectivity index (χ3v) is 3.77. The van der Waals surface area contributed by atoms with E-state index >= 15 is 0 Å². The van der Waals surface area contributed by atoms with Crippen LogP contribution in [0.3, 0.4) is 0 Å². The molecule has 24 heavy (non-hydrogen) atoms. The Kier molecular flexibility index (Phi) is 4.70. The quantitative estimate of drug-likeness (QED) is 0.723. The maximum Gasteiger partial charge on any atom is 0.225 e. The number of likely N-dealkylation sites (N-methyl/N-ethyl adjacent to an activating group) is 1. The molecule has 0 aliphatic carbocycles. The molecule has 0 unspecified atom stereocenters. The molecule has 0 atom stereocenters. The van der Waals surface area contributed by atoms with Gasteiger partial charge in [-0.3, -0.25) is 4.68 Å². The van der Waals surface area contributed by atoms with E-state index in [2.05, 4.69) is 34.4 Å². The van der Waals surface area contributed by atoms with Crippen molar-refractivity contribution in [3.8, 4) is 11.3 Å². The molecule has 0 aliphatic heterocycles. The first kappa shape index (κ1) is 15.9. The Bertz CT molecular complexity index is 836. The van der Waals surface area contributed by atoms with E-state index in [-0.39, 0.29) is 0 Å². The van der Waals surface area contributed by atoms with Crippen LogP contribution in [0.1, 0.15) is 11.1 Å². The number of rotatable bonds is 5. The molecule has 2 heterocycles. The molecule has 0 radical (unpaired) electrons. The van der Waals surface area contributed by atoms with Crippen LogP contribution in [-0.2, 0) is 7.05 Å². The minimum Gasteiger partial charge on any atom is -0.340 e. The summed E-state index contributed by atoms with van der Waals surface area (Å²) >= 11 is 0. The highest BCUT2D eigenvalue weighted by atomic mass is 15.2. The molecule has 0 amide bonds. The summed E-state index contributed by atoms with van der Waals surface area (Å²) in [6.07, 6.45) is 9.87. The van der Waals surface area contributed by atoms with E-state index in [9.17, 15) is 0 Å². The lowest BCUT2D eigenvalue weighted by Gasteiger charge is -2.16. The monoisotopic (exact) mass is 319 g/mol. The summed E-state index contributed by atoms with van der Waals surface area (Å²) in [5.41, 5.74) is 4.16. The fraction of sp³-hybridized carbons (Fsp3) is 0.211. The van der Waals surface area contributed by atoms with Crippen molar-refractivity contribution in [2.45, 2.75) is 6.92 Å². The number of anilines is 1. The van der Waals surface area contributed by atoms with Crippen LogP contribution in [0.2, 0.25) is 0 Å². The molecule has 1 aromatic carbocycles. The molecule has 0 fully saturated rings. The van der Waals surface area contributed by atoms with Gasteiger partial charge in [0, 0.05) is 38.6 Å². The predicted molar refractivity (Wildman–Crippen MR) is 97.7 cm³/mol. The van der Waals surface area contributed by atoms with Gasteiger partial charge in [-0.25, -0.2) is 9.97 Å². The molecule has 0 N–H and O–H groups in total. The van der Waals surface area contributed by atoms with Crippen LogP contribution in [0.15, 0.2) is 55.0 Å². The maximum absolute atomic E-state index is 4.71. The van der Waals surface area contributed by atoms with Gasteiger partial charge >= 0.3 is 0 Å². The van der Waals surface area contributed by atoms with Crippen LogP contribution in [0, 0.1) is 6.92 Å². The third kappa shape index (κ3) is 3.68. The van der Waals surface area contributed by atoms with E-state index in [0.717, 1.165) is 23.4 Å². The van der Waals surface area contributed by atoms with Gasteiger partial charge in [0.2, 0.25) is 5.95 Å². The molecule has 0 bridgehead atoms. The number of aromatic nitrogens is 4. The smallest absolute Gasteiger partial charge is 0.225 e. The molecule has 0 saturated carbocycles. The second-order valence-electron chi connectivity index (χ2n) is 5.80. The average molecular weight is 319 g/mol. The molecule has 3 aromatic rings. The summed E-state index contributed by atoms with van der Waals surface area (Å²) in [6, 6.07) is 10.3. The zero-order valence-corrected chi connectivity index (χ0v) is 14.2. The van der Waals surface area contributed by atoms with Gasteiger partial charge in [-0.1, -0.05) is 42.5 Å². The fourth-order valence-electron chi connectivity index (χ4n) is 2.45. The second-order valence-corrected chi connectivity index (χ2v) is 5.80. The van der Waals surface area contributed by atoms with Crippen LogP contribution < -0.4 is 4.90 Å². The molecule has 0 saturated heterocycles. The van der Waals surface area contributed by atoms with Gasteiger partial charge < -0.3 is 4.90 Å². The molecule has 2 aromatic heterocycles. The summed E-state index contributed by atoms with van der Waals surface area (Å²) in [6.45, 7) is 2.76. The number of aryl methyl sites for hydroxylation is 2. The molecule has 0 spiro atoms. The topological polar surface area (TPSA) is 46.8 Å². The Balaban J connectivity index is 1.75. The number of nitrogens with zero attached hydrogens (tertiary/aromatic N) is 5. The van der Waals surface area contributed by atoms with Gasteiger partial charge in [-0.15, -0.1) is 0 Å². The van der Waals surface area contributed by atoms with Gasteiger partial charge in [0.15, 0.2) is 0 Å². The van der Waals surface area contributed by atoms with Crippen molar-refractivity contribution in [2.75, 3.05) is 18.5 Å². The lowest BCUT2D eigenvalue weighted by Crippen LogP contribution is -2.19. The van der Waals surface area contributed by atoms with Crippen molar-refractivity contribution in [3.63, 3.8) is 0 Å². The Hall–Kier alpha value is -2.95. The highest BCUT2D eigenvalue weighted by Crippen LogP contribution is 2.21. The van der Waals surface area contributed by atoms with Crippen LogP contribution >= 0.6 is 0 Å². The van der Waals surface area contributed by atoms with Gasteiger partial charge in [-0.05, 0) is 18.1 Å². The highest BCUT2D eigenvalue weighted by molar-refractivity contribution is 5.62. The predicted octanol–water partition coefficient (Wildman–Crippen LogP) is 3.34. The first-order chi connectivity index (χ1) is 11.6. The SMILES string of the molecule is Cc1cnc(N(C)C/C=C/c2ccccc2)nc1-c1cnn(C)c1. The second kappa shape index (κ2) is 7.08. The Morgan fingerprint density at radius 3 is 2.67 bits per heavy atom. The number of hydrogen-bond donors (Lipinski definition) is 0. The summed E-state index contributed by atoms with van der Waals surface area (Å²) in [7, 11) is 3.90. The van der Waals surface area contributed by atoms with Crippen molar-refractivity contribution >= 4 is 12.0 Å². The zero-order chi connectivity index (χ0) is 16.9. The number of hydrogen-bond acceptors (Lipinski definition) is 4. The maximum atomic E-state index is 4.71. The molecule has 3 rings (SSSR count). The van der Waals surface area contributed by atoms with Crippen LogP contribution in [0.4, 0.5) is 5.95 Å². The average Bonchev–Trinajstić information content (AvgIpc) is 3.02. The van der Waals surface area contributed by atoms with E-state index in [1.54, 1.807) is 4.68 Å². The first-order valence-electron chi connectivity index (χ1n) is 7.89. The van der Waals surface area contributed by atoms with Crippen molar-refractivity contribution in [1.82, 2.24) is 19.7 Å². The normalized spacial score (nSPS) is 11.1. The lowest BCUT2D eigenvalue weighted by atomic mass is 10.1. The van der Waals surface area contributed by atoms with Crippen molar-refractivity contribution in [1.29, 1.82) is 0 Å². The minimum absolute atomic E-state index is 0.706. The zero-order valence-electron chi connectivity index (χ0n) is 14.2. The fourth-order valence-corrected chi connectivity index (χ4v) is 2.45. The molecule has 5 nitrogen and oxygen atoms in total. The molecule has 0 aliphatic rings. The number of benzene rings is 1. The Morgan fingerprint density at radius 2 is 1.96 bits per heavy atom. The van der Waals surface area contributed by atoms with E-state index < -0.39 is 0 Å². The largest absolute Gasteiger partial charge is 0.340 e. The van der Waals surface area contributed by atoms with Gasteiger partial charge in [0.25, 0.3) is 0 Å². The van der Waals surface area contributed by atoms with Gasteiger partial charge in [-0.2, -0.15) is 5.10 Å². The van der Waals surface area contributed by atoms with Crippen LogP contribution in [0.5, 0.6) is 0 Å². The van der Waals surface area contributed by atoms with Crippen molar-refractivity contribution in [2.24, 2.45) is 7.05 Å². The standard InChI is InChI=1S/C19H21N5/c1-15-12-20-19(22-18(15)17-13-21-24(3)14-17)23(2)11-7-10-16-8-5-4-6-9-16/h4-10,12-14H,11H2,1-3H3/b10-7+. The first-order valence-corrected chi connectivity index (χ1v) is 7.89. The van der Waals surface area contributed by atoms with Gasteiger partial charge in [0.1, 0.15) is 0 Å². The molecular weight excluding hydrogens is 298 g/mol. The molecule has 122 valence electrons. The summed E-state index contributed by atoms with van der Waals surface area (Å²) < 4.78 is 1.78. The lowest BCUT2D eigenvalue weighted by molar-refractivity contribution is 0.768. The van der Waals surface area contributed by atoms with E-state index in [0.29, 0.717) is 5.95 Å². The van der Waals surface area contributed by atoms with Crippen LogP contribution in [0.25, 0.3) is 17.3 Å². The third-order valence-electron chi connectivity index (χ3n) is 3.77. The molecule has 5 heteroatoms. The van der Waals surface area contributed by atoms with E-state index in [1.165, 1.54) is 5.56 Å². The highest BCUT2D eigenvalue weighted by Gasteiger charge is 2.10. The molecular formula is C19H21N5.